The Morgan fingerprint density at radius 3 is 2.69 bits per heavy atom. The Bertz CT molecular complexity index is 729. The lowest BCUT2D eigenvalue weighted by molar-refractivity contribution is -0.138. The molecule has 7 heteroatoms. The second kappa shape index (κ2) is 9.52. The number of carboxylic acids is 1. The van der Waals surface area contributed by atoms with Gasteiger partial charge in [-0.25, -0.2) is 0 Å². The lowest BCUT2D eigenvalue weighted by Crippen LogP contribution is -2.30. The normalized spacial score (nSPS) is 15.8. The second-order valence-corrected chi connectivity index (χ2v) is 7.06. The molecule has 0 radical (unpaired) electrons. The largest absolute Gasteiger partial charge is 0.496 e. The van der Waals surface area contributed by atoms with Crippen LogP contribution in [0, 0.1) is 0 Å². The third-order valence-corrected chi connectivity index (χ3v) is 4.70. The van der Waals surface area contributed by atoms with Gasteiger partial charge in [0.1, 0.15) is 5.75 Å². The van der Waals surface area contributed by atoms with Crippen LogP contribution < -0.4 is 4.74 Å². The number of nitrogens with zero attached hydrogens (tertiary/aromatic N) is 1. The first-order valence-electron chi connectivity index (χ1n) is 8.53. The summed E-state index contributed by atoms with van der Waals surface area (Å²) < 4.78 is 6.16. The number of amides is 2. The molecule has 1 heterocycles. The van der Waals surface area contributed by atoms with Gasteiger partial charge in [-0.2, -0.15) is 0 Å². The molecule has 1 aromatic rings. The van der Waals surface area contributed by atoms with Gasteiger partial charge in [-0.05, 0) is 37.1 Å². The van der Waals surface area contributed by atoms with Gasteiger partial charge >= 0.3 is 5.97 Å². The number of aliphatic carboxylic acids is 1. The quantitative estimate of drug-likeness (QED) is 0.372. The van der Waals surface area contributed by atoms with Crippen molar-refractivity contribution in [1.29, 1.82) is 0 Å². The molecule has 6 nitrogen and oxygen atoms in total. The molecule has 0 bridgehead atoms. The van der Waals surface area contributed by atoms with Gasteiger partial charge < -0.3 is 9.84 Å². The van der Waals surface area contributed by atoms with E-state index in [4.69, 9.17) is 9.84 Å². The van der Waals surface area contributed by atoms with E-state index in [1.807, 2.05) is 12.1 Å². The van der Waals surface area contributed by atoms with Gasteiger partial charge in [0.15, 0.2) is 0 Å². The number of rotatable bonds is 9. The van der Waals surface area contributed by atoms with E-state index in [0.717, 1.165) is 22.9 Å². The van der Waals surface area contributed by atoms with Gasteiger partial charge in [-0.1, -0.05) is 28.8 Å². The Kier molecular flexibility index (Phi) is 7.38. The predicted molar refractivity (Wildman–Crippen MR) is 101 cm³/mol. The summed E-state index contributed by atoms with van der Waals surface area (Å²) >= 11 is 3.39. The second-order valence-electron chi connectivity index (χ2n) is 6.14. The van der Waals surface area contributed by atoms with Crippen molar-refractivity contribution in [2.75, 3.05) is 13.7 Å². The van der Waals surface area contributed by atoms with Crippen molar-refractivity contribution >= 4 is 39.8 Å². The smallest absolute Gasteiger partial charge is 0.303 e. The molecule has 1 N–H and O–H groups in total. The molecule has 2 amide bonds. The third-order valence-electron chi connectivity index (χ3n) is 4.21. The number of hydrogen-bond acceptors (Lipinski definition) is 4. The van der Waals surface area contributed by atoms with Crippen LogP contribution in [0.3, 0.4) is 0 Å². The standard InChI is InChI=1S/C19H22BrNO5/c1-26-16-8-7-15(20)11-13(16)10-14-12-17(22)21(19(14)25)9-5-3-2-4-6-18(23)24/h7-8,10-11H,2-6,9,12H2,1H3,(H,23,24)/b14-10+. The zero-order valence-corrected chi connectivity index (χ0v) is 16.3. The summed E-state index contributed by atoms with van der Waals surface area (Å²) in [5.74, 6) is -0.617. The molecule has 0 spiro atoms. The highest BCUT2D eigenvalue weighted by Gasteiger charge is 2.33. The summed E-state index contributed by atoms with van der Waals surface area (Å²) in [5.41, 5.74) is 1.20. The molecule has 1 saturated heterocycles. The van der Waals surface area contributed by atoms with Crippen LogP contribution in [0.25, 0.3) is 6.08 Å². The van der Waals surface area contributed by atoms with Crippen molar-refractivity contribution in [2.45, 2.75) is 38.5 Å². The summed E-state index contributed by atoms with van der Waals surface area (Å²) in [6.45, 7) is 0.373. The van der Waals surface area contributed by atoms with E-state index in [1.54, 1.807) is 19.3 Å². The van der Waals surface area contributed by atoms with Crippen molar-refractivity contribution in [3.05, 3.63) is 33.8 Å². The summed E-state index contributed by atoms with van der Waals surface area (Å²) in [6.07, 6.45) is 4.83. The number of unbranched alkanes of at least 4 members (excludes halogenated alkanes) is 3. The molecule has 26 heavy (non-hydrogen) atoms. The van der Waals surface area contributed by atoms with Crippen LogP contribution in [0.15, 0.2) is 28.2 Å². The van der Waals surface area contributed by atoms with E-state index in [9.17, 15) is 14.4 Å². The van der Waals surface area contributed by atoms with Crippen molar-refractivity contribution in [2.24, 2.45) is 0 Å². The fourth-order valence-electron chi connectivity index (χ4n) is 2.86. The number of benzene rings is 1. The van der Waals surface area contributed by atoms with Crippen LogP contribution in [-0.4, -0.2) is 41.4 Å². The van der Waals surface area contributed by atoms with Gasteiger partial charge in [0, 0.05) is 28.6 Å². The van der Waals surface area contributed by atoms with Crippen LogP contribution in [-0.2, 0) is 14.4 Å². The zero-order valence-electron chi connectivity index (χ0n) is 14.7. The SMILES string of the molecule is COc1ccc(Br)cc1/C=C1\CC(=O)N(CCCCCCC(=O)O)C1=O. The number of carboxylic acid groups (broad SMARTS) is 1. The lowest BCUT2D eigenvalue weighted by Gasteiger charge is -2.13. The minimum atomic E-state index is -0.798. The lowest BCUT2D eigenvalue weighted by atomic mass is 10.1. The van der Waals surface area contributed by atoms with Crippen LogP contribution in [0.4, 0.5) is 0 Å². The first-order valence-corrected chi connectivity index (χ1v) is 9.32. The zero-order chi connectivity index (χ0) is 19.1. The Morgan fingerprint density at radius 1 is 1.27 bits per heavy atom. The molecule has 0 aliphatic carbocycles. The topological polar surface area (TPSA) is 83.9 Å². The van der Waals surface area contributed by atoms with Crippen LogP contribution in [0.1, 0.15) is 44.1 Å². The maximum atomic E-state index is 12.5. The summed E-state index contributed by atoms with van der Waals surface area (Å²) in [7, 11) is 1.56. The maximum absolute atomic E-state index is 12.5. The molecular formula is C19H22BrNO5. The average molecular weight is 424 g/mol. The minimum absolute atomic E-state index is 0.0908. The number of imide groups is 1. The van der Waals surface area contributed by atoms with Crippen LogP contribution in [0.5, 0.6) is 5.75 Å². The fraction of sp³-hybridized carbons (Fsp3) is 0.421. The number of hydrogen-bond donors (Lipinski definition) is 1. The Hall–Kier alpha value is -2.15. The summed E-state index contributed by atoms with van der Waals surface area (Å²) in [5, 5.41) is 8.60. The van der Waals surface area contributed by atoms with E-state index in [1.165, 1.54) is 4.90 Å². The highest BCUT2D eigenvalue weighted by Crippen LogP contribution is 2.28. The van der Waals surface area contributed by atoms with E-state index >= 15 is 0 Å². The number of methoxy groups -OCH3 is 1. The molecule has 0 aromatic heterocycles. The molecule has 1 aromatic carbocycles. The number of carbonyl (C=O) groups excluding carboxylic acids is 2. The third kappa shape index (κ3) is 5.42. The van der Waals surface area contributed by atoms with E-state index in [0.29, 0.717) is 30.7 Å². The predicted octanol–water partition coefficient (Wildman–Crippen LogP) is 3.64. The molecule has 1 fully saturated rings. The van der Waals surface area contributed by atoms with Crippen LogP contribution >= 0.6 is 15.9 Å². The highest BCUT2D eigenvalue weighted by atomic mass is 79.9. The van der Waals surface area contributed by atoms with Gasteiger partial charge in [0.25, 0.3) is 5.91 Å². The monoisotopic (exact) mass is 423 g/mol. The molecule has 0 saturated carbocycles. The first-order chi connectivity index (χ1) is 12.4. The van der Waals surface area contributed by atoms with Crippen LogP contribution in [0.2, 0.25) is 0 Å². The van der Waals surface area contributed by atoms with Crippen molar-refractivity contribution in [3.63, 3.8) is 0 Å². The average Bonchev–Trinajstić information content (AvgIpc) is 2.85. The molecular weight excluding hydrogens is 402 g/mol. The molecule has 1 aliphatic rings. The Labute approximate surface area is 160 Å². The number of carbonyl (C=O) groups is 3. The molecule has 0 atom stereocenters. The number of halogens is 1. The highest BCUT2D eigenvalue weighted by molar-refractivity contribution is 9.10. The van der Waals surface area contributed by atoms with Crippen molar-refractivity contribution in [3.8, 4) is 5.75 Å². The maximum Gasteiger partial charge on any atom is 0.303 e. The van der Waals surface area contributed by atoms with Crippen molar-refractivity contribution in [1.82, 2.24) is 4.90 Å². The molecule has 2 rings (SSSR count). The van der Waals surface area contributed by atoms with Gasteiger partial charge in [-0.15, -0.1) is 0 Å². The van der Waals surface area contributed by atoms with Gasteiger partial charge in [0.05, 0.1) is 13.5 Å². The van der Waals surface area contributed by atoms with Crippen molar-refractivity contribution < 1.29 is 24.2 Å². The van der Waals surface area contributed by atoms with E-state index < -0.39 is 5.97 Å². The Morgan fingerprint density at radius 2 is 2.00 bits per heavy atom. The first kappa shape index (κ1) is 20.2. The number of ether oxygens (including phenoxy) is 1. The molecule has 140 valence electrons. The molecule has 0 unspecified atom stereocenters. The summed E-state index contributed by atoms with van der Waals surface area (Å²) in [6, 6.07) is 5.49. The van der Waals surface area contributed by atoms with Gasteiger partial charge in [0.2, 0.25) is 5.91 Å². The Balaban J connectivity index is 1.96. The van der Waals surface area contributed by atoms with E-state index in [2.05, 4.69) is 15.9 Å². The van der Waals surface area contributed by atoms with Gasteiger partial charge in [-0.3, -0.25) is 19.3 Å². The molecule has 1 aliphatic heterocycles. The number of likely N-dealkylation sites (tertiary alicyclic amines) is 1. The minimum Gasteiger partial charge on any atom is -0.496 e. The summed E-state index contributed by atoms with van der Waals surface area (Å²) in [4.78, 5) is 36.4. The van der Waals surface area contributed by atoms with E-state index in [-0.39, 0.29) is 24.7 Å². The fourth-order valence-corrected chi connectivity index (χ4v) is 3.24.